The van der Waals surface area contributed by atoms with E-state index in [9.17, 15) is 8.78 Å². The first kappa shape index (κ1) is 11.2. The quantitative estimate of drug-likeness (QED) is 0.655. The molecule has 0 bridgehead atoms. The van der Waals surface area contributed by atoms with Crippen LogP contribution in [0.3, 0.4) is 0 Å². The smallest absolute Gasteiger partial charge is 0.248 e. The van der Waals surface area contributed by atoms with Crippen LogP contribution in [0, 0.1) is 5.41 Å². The highest BCUT2D eigenvalue weighted by Crippen LogP contribution is 2.53. The fraction of sp³-hybridized carbons (Fsp3) is 1.00. The molecule has 2 aliphatic carbocycles. The Kier molecular flexibility index (Phi) is 2.89. The lowest BCUT2D eigenvalue weighted by atomic mass is 9.57. The first-order valence-electron chi connectivity index (χ1n) is 4.68. The summed E-state index contributed by atoms with van der Waals surface area (Å²) in [7, 11) is 0. The molecule has 1 spiro atoms. The van der Waals surface area contributed by atoms with Crippen LogP contribution in [0.25, 0.3) is 0 Å². The molecule has 78 valence electrons. The number of hydrogen-bond donors (Lipinski definition) is 1. The first-order valence-corrected chi connectivity index (χ1v) is 4.68. The molecule has 1 unspecified atom stereocenters. The van der Waals surface area contributed by atoms with Crippen molar-refractivity contribution >= 4 is 12.4 Å². The Morgan fingerprint density at radius 1 is 1.00 bits per heavy atom. The van der Waals surface area contributed by atoms with Gasteiger partial charge in [-0.3, -0.25) is 0 Å². The average Bonchev–Trinajstić information content (AvgIpc) is 2.02. The topological polar surface area (TPSA) is 26.0 Å². The van der Waals surface area contributed by atoms with E-state index < -0.39 is 5.92 Å². The average molecular weight is 212 g/mol. The lowest BCUT2D eigenvalue weighted by molar-refractivity contribution is -0.0935. The normalized spacial score (nSPS) is 34.8. The van der Waals surface area contributed by atoms with Gasteiger partial charge < -0.3 is 5.73 Å². The Morgan fingerprint density at radius 3 is 1.85 bits per heavy atom. The second-order valence-electron chi connectivity index (χ2n) is 4.36. The number of halogens is 3. The standard InChI is InChI=1S/C9H15F2N.ClH/c10-9(11)5-3-8(4-6-9)2-1-7(8)12;/h7H,1-6,12H2;1H. The Balaban J connectivity index is 0.000000845. The molecule has 1 atom stereocenters. The third kappa shape index (κ3) is 1.82. The van der Waals surface area contributed by atoms with Crippen molar-refractivity contribution in [3.8, 4) is 0 Å². The predicted molar refractivity (Wildman–Crippen MR) is 50.3 cm³/mol. The SMILES string of the molecule is Cl.NC1CCC12CCC(F)(F)CC2. The van der Waals surface area contributed by atoms with Gasteiger partial charge in [0, 0.05) is 18.9 Å². The molecule has 13 heavy (non-hydrogen) atoms. The van der Waals surface area contributed by atoms with E-state index in [0.717, 1.165) is 12.8 Å². The van der Waals surface area contributed by atoms with Crippen molar-refractivity contribution in [1.82, 2.24) is 0 Å². The maximum absolute atomic E-state index is 12.8. The number of hydrogen-bond acceptors (Lipinski definition) is 1. The van der Waals surface area contributed by atoms with Gasteiger partial charge in [-0.05, 0) is 31.1 Å². The fourth-order valence-corrected chi connectivity index (χ4v) is 2.45. The molecule has 0 amide bonds. The molecule has 1 nitrogen and oxygen atoms in total. The minimum absolute atomic E-state index is 0. The van der Waals surface area contributed by atoms with Gasteiger partial charge in [0.05, 0.1) is 0 Å². The summed E-state index contributed by atoms with van der Waals surface area (Å²) in [6.45, 7) is 0. The lowest BCUT2D eigenvalue weighted by Crippen LogP contribution is -2.53. The van der Waals surface area contributed by atoms with E-state index in [0.29, 0.717) is 12.8 Å². The third-order valence-electron chi connectivity index (χ3n) is 3.72. The predicted octanol–water partition coefficient (Wildman–Crippen LogP) is 2.73. The summed E-state index contributed by atoms with van der Waals surface area (Å²) < 4.78 is 25.6. The number of rotatable bonds is 0. The van der Waals surface area contributed by atoms with Crippen LogP contribution >= 0.6 is 12.4 Å². The van der Waals surface area contributed by atoms with Crippen LogP contribution < -0.4 is 5.73 Å². The molecule has 0 heterocycles. The molecule has 2 N–H and O–H groups in total. The van der Waals surface area contributed by atoms with E-state index >= 15 is 0 Å². The Hall–Kier alpha value is 0.110. The zero-order valence-electron chi connectivity index (χ0n) is 7.56. The van der Waals surface area contributed by atoms with Gasteiger partial charge in [-0.25, -0.2) is 8.78 Å². The van der Waals surface area contributed by atoms with Crippen molar-refractivity contribution in [2.24, 2.45) is 11.1 Å². The Labute approximate surface area is 83.5 Å². The second-order valence-corrected chi connectivity index (χ2v) is 4.36. The van der Waals surface area contributed by atoms with Crippen molar-refractivity contribution in [1.29, 1.82) is 0 Å². The van der Waals surface area contributed by atoms with Crippen molar-refractivity contribution in [3.05, 3.63) is 0 Å². The highest BCUT2D eigenvalue weighted by Gasteiger charge is 2.50. The summed E-state index contributed by atoms with van der Waals surface area (Å²) in [4.78, 5) is 0. The van der Waals surface area contributed by atoms with E-state index in [4.69, 9.17) is 5.73 Å². The lowest BCUT2D eigenvalue weighted by Gasteiger charge is -2.51. The molecule has 0 aromatic heterocycles. The van der Waals surface area contributed by atoms with Gasteiger partial charge in [-0.1, -0.05) is 0 Å². The van der Waals surface area contributed by atoms with E-state index in [1.54, 1.807) is 0 Å². The van der Waals surface area contributed by atoms with Crippen LogP contribution in [0.4, 0.5) is 8.78 Å². The minimum Gasteiger partial charge on any atom is -0.327 e. The first-order chi connectivity index (χ1) is 5.54. The molecule has 2 fully saturated rings. The van der Waals surface area contributed by atoms with Crippen molar-refractivity contribution in [3.63, 3.8) is 0 Å². The van der Waals surface area contributed by atoms with Gasteiger partial charge in [0.2, 0.25) is 5.92 Å². The van der Waals surface area contributed by atoms with E-state index in [1.807, 2.05) is 0 Å². The summed E-state index contributed by atoms with van der Waals surface area (Å²) in [5.74, 6) is -2.40. The monoisotopic (exact) mass is 211 g/mol. The van der Waals surface area contributed by atoms with Gasteiger partial charge in [0.15, 0.2) is 0 Å². The molecule has 0 aliphatic heterocycles. The summed E-state index contributed by atoms with van der Waals surface area (Å²) in [5, 5.41) is 0. The molecule has 0 saturated heterocycles. The van der Waals surface area contributed by atoms with Crippen LogP contribution in [0.5, 0.6) is 0 Å². The molecule has 2 saturated carbocycles. The maximum atomic E-state index is 12.8. The van der Waals surface area contributed by atoms with Crippen LogP contribution in [0.1, 0.15) is 38.5 Å². The molecule has 4 heteroatoms. The summed E-state index contributed by atoms with van der Waals surface area (Å²) in [6.07, 6.45) is 3.50. The summed E-state index contributed by atoms with van der Waals surface area (Å²) >= 11 is 0. The van der Waals surface area contributed by atoms with Gasteiger partial charge >= 0.3 is 0 Å². The van der Waals surface area contributed by atoms with Crippen LogP contribution in [-0.2, 0) is 0 Å². The molecule has 0 aromatic rings. The molecular formula is C9H16ClF2N. The minimum atomic E-state index is -2.40. The van der Waals surface area contributed by atoms with Gasteiger partial charge in [0.25, 0.3) is 0 Å². The molecule has 0 radical (unpaired) electrons. The van der Waals surface area contributed by atoms with Gasteiger partial charge in [0.1, 0.15) is 0 Å². The second kappa shape index (κ2) is 3.35. The Bertz CT molecular complexity index is 186. The van der Waals surface area contributed by atoms with E-state index in [2.05, 4.69) is 0 Å². The summed E-state index contributed by atoms with van der Waals surface area (Å²) in [6, 6.07) is 0.202. The van der Waals surface area contributed by atoms with Crippen LogP contribution in [0.15, 0.2) is 0 Å². The molecule has 2 rings (SSSR count). The third-order valence-corrected chi connectivity index (χ3v) is 3.72. The highest BCUT2D eigenvalue weighted by atomic mass is 35.5. The van der Waals surface area contributed by atoms with Crippen molar-refractivity contribution in [2.75, 3.05) is 0 Å². The summed E-state index contributed by atoms with van der Waals surface area (Å²) in [5.41, 5.74) is 5.94. The largest absolute Gasteiger partial charge is 0.327 e. The molecule has 0 aromatic carbocycles. The maximum Gasteiger partial charge on any atom is 0.248 e. The zero-order valence-corrected chi connectivity index (χ0v) is 8.38. The highest BCUT2D eigenvalue weighted by molar-refractivity contribution is 5.85. The van der Waals surface area contributed by atoms with Crippen LogP contribution in [0.2, 0.25) is 0 Å². The van der Waals surface area contributed by atoms with E-state index in [1.165, 1.54) is 0 Å². The van der Waals surface area contributed by atoms with Crippen molar-refractivity contribution in [2.45, 2.75) is 50.5 Å². The molecule has 2 aliphatic rings. The van der Waals surface area contributed by atoms with E-state index in [-0.39, 0.29) is 36.7 Å². The fourth-order valence-electron chi connectivity index (χ4n) is 2.45. The Morgan fingerprint density at radius 2 is 1.54 bits per heavy atom. The van der Waals surface area contributed by atoms with Gasteiger partial charge in [-0.15, -0.1) is 12.4 Å². The van der Waals surface area contributed by atoms with Crippen LogP contribution in [-0.4, -0.2) is 12.0 Å². The number of nitrogens with two attached hydrogens (primary N) is 1. The van der Waals surface area contributed by atoms with Gasteiger partial charge in [-0.2, -0.15) is 0 Å². The number of alkyl halides is 2. The van der Waals surface area contributed by atoms with Crippen molar-refractivity contribution < 1.29 is 8.78 Å². The zero-order chi connectivity index (χ0) is 8.82. The molecular weight excluding hydrogens is 196 g/mol.